The summed E-state index contributed by atoms with van der Waals surface area (Å²) in [7, 11) is 3.03. The smallest absolute Gasteiger partial charge is 0.314 e. The summed E-state index contributed by atoms with van der Waals surface area (Å²) in [5, 5.41) is 2.58. The Kier molecular flexibility index (Phi) is 4.45. The molecule has 0 radical (unpaired) electrons. The first kappa shape index (κ1) is 14.2. The maximum Gasteiger partial charge on any atom is 0.314 e. The van der Waals surface area contributed by atoms with Crippen LogP contribution in [0.15, 0.2) is 18.2 Å². The Morgan fingerprint density at radius 3 is 2.45 bits per heavy atom. The summed E-state index contributed by atoms with van der Waals surface area (Å²) in [6.07, 6.45) is 1.89. The Hall–Kier alpha value is -2.24. The van der Waals surface area contributed by atoms with E-state index in [4.69, 9.17) is 9.47 Å². The number of carbonyl (C=O) groups is 2. The number of rotatable bonds is 3. The quantitative estimate of drug-likeness (QED) is 0.845. The lowest BCUT2D eigenvalue weighted by Gasteiger charge is -2.16. The summed E-state index contributed by atoms with van der Waals surface area (Å²) in [4.78, 5) is 25.5. The van der Waals surface area contributed by atoms with Crippen molar-refractivity contribution >= 4 is 17.5 Å². The minimum atomic E-state index is -0.654. The SMILES string of the molecule is COc1ccc(OC)c(NC(=O)C(=O)N2CCCC2)c1. The normalized spacial score (nSPS) is 14.0. The zero-order chi connectivity index (χ0) is 14.5. The van der Waals surface area contributed by atoms with E-state index < -0.39 is 11.8 Å². The fourth-order valence-electron chi connectivity index (χ4n) is 2.15. The van der Waals surface area contributed by atoms with Gasteiger partial charge in [-0.05, 0) is 25.0 Å². The first-order chi connectivity index (χ1) is 9.65. The number of nitrogens with zero attached hydrogens (tertiary/aromatic N) is 1. The largest absolute Gasteiger partial charge is 0.497 e. The molecule has 1 aliphatic heterocycles. The van der Waals surface area contributed by atoms with Gasteiger partial charge in [0.05, 0.1) is 19.9 Å². The Morgan fingerprint density at radius 1 is 1.15 bits per heavy atom. The number of methoxy groups -OCH3 is 2. The molecule has 1 fully saturated rings. The first-order valence-corrected chi connectivity index (χ1v) is 6.48. The molecule has 0 spiro atoms. The van der Waals surface area contributed by atoms with Crippen LogP contribution in [0.1, 0.15) is 12.8 Å². The molecule has 0 aliphatic carbocycles. The number of anilines is 1. The third-order valence-electron chi connectivity index (χ3n) is 3.24. The lowest BCUT2D eigenvalue weighted by atomic mass is 10.2. The van der Waals surface area contributed by atoms with E-state index in [9.17, 15) is 9.59 Å². The minimum absolute atomic E-state index is 0.421. The van der Waals surface area contributed by atoms with Gasteiger partial charge in [-0.25, -0.2) is 0 Å². The van der Waals surface area contributed by atoms with Crippen molar-refractivity contribution in [3.63, 3.8) is 0 Å². The van der Waals surface area contributed by atoms with Crippen LogP contribution < -0.4 is 14.8 Å². The lowest BCUT2D eigenvalue weighted by molar-refractivity contribution is -0.142. The molecule has 6 heteroatoms. The Labute approximate surface area is 117 Å². The second-order valence-corrected chi connectivity index (χ2v) is 4.52. The summed E-state index contributed by atoms with van der Waals surface area (Å²) in [6, 6.07) is 5.01. The van der Waals surface area contributed by atoms with Crippen molar-refractivity contribution in [3.8, 4) is 11.5 Å². The number of hydrogen-bond acceptors (Lipinski definition) is 4. The zero-order valence-electron chi connectivity index (χ0n) is 11.6. The molecule has 0 saturated carbocycles. The molecule has 6 nitrogen and oxygen atoms in total. The third kappa shape index (κ3) is 3.01. The predicted octanol–water partition coefficient (Wildman–Crippen LogP) is 1.26. The van der Waals surface area contributed by atoms with Gasteiger partial charge in [-0.2, -0.15) is 0 Å². The number of ether oxygens (including phenoxy) is 2. The van der Waals surface area contributed by atoms with Gasteiger partial charge in [-0.15, -0.1) is 0 Å². The van der Waals surface area contributed by atoms with E-state index in [2.05, 4.69) is 5.32 Å². The predicted molar refractivity (Wildman–Crippen MR) is 74.0 cm³/mol. The van der Waals surface area contributed by atoms with E-state index in [0.29, 0.717) is 30.3 Å². The monoisotopic (exact) mass is 278 g/mol. The summed E-state index contributed by atoms with van der Waals surface area (Å²) >= 11 is 0. The van der Waals surface area contributed by atoms with Crippen molar-refractivity contribution in [1.82, 2.24) is 4.90 Å². The van der Waals surface area contributed by atoms with Crippen molar-refractivity contribution in [2.45, 2.75) is 12.8 Å². The minimum Gasteiger partial charge on any atom is -0.497 e. The number of benzene rings is 1. The summed E-state index contributed by atoms with van der Waals surface area (Å²) in [5.74, 6) is -0.103. The van der Waals surface area contributed by atoms with Crippen LogP contribution >= 0.6 is 0 Å². The van der Waals surface area contributed by atoms with Crippen LogP contribution in [0.25, 0.3) is 0 Å². The highest BCUT2D eigenvalue weighted by Gasteiger charge is 2.25. The van der Waals surface area contributed by atoms with Gasteiger partial charge < -0.3 is 19.7 Å². The van der Waals surface area contributed by atoms with Gasteiger partial charge in [0, 0.05) is 19.2 Å². The molecule has 1 aromatic rings. The molecule has 1 N–H and O–H groups in total. The van der Waals surface area contributed by atoms with Gasteiger partial charge >= 0.3 is 11.8 Å². The third-order valence-corrected chi connectivity index (χ3v) is 3.24. The standard InChI is InChI=1S/C14H18N2O4/c1-19-10-5-6-12(20-2)11(9-10)15-13(17)14(18)16-7-3-4-8-16/h5-6,9H,3-4,7-8H2,1-2H3,(H,15,17). The maximum atomic E-state index is 12.0. The van der Waals surface area contributed by atoms with Crippen molar-refractivity contribution in [2.75, 3.05) is 32.6 Å². The van der Waals surface area contributed by atoms with Gasteiger partial charge in [-0.3, -0.25) is 9.59 Å². The summed E-state index contributed by atoms with van der Waals surface area (Å²) < 4.78 is 10.2. The van der Waals surface area contributed by atoms with Crippen LogP contribution in [0, 0.1) is 0 Å². The molecule has 20 heavy (non-hydrogen) atoms. The van der Waals surface area contributed by atoms with Gasteiger partial charge in [-0.1, -0.05) is 0 Å². The van der Waals surface area contributed by atoms with Gasteiger partial charge in [0.2, 0.25) is 0 Å². The van der Waals surface area contributed by atoms with Crippen LogP contribution in [-0.4, -0.2) is 44.0 Å². The highest BCUT2D eigenvalue weighted by Crippen LogP contribution is 2.28. The average molecular weight is 278 g/mol. The van der Waals surface area contributed by atoms with E-state index in [0.717, 1.165) is 12.8 Å². The van der Waals surface area contributed by atoms with Crippen LogP contribution in [0.2, 0.25) is 0 Å². The number of likely N-dealkylation sites (tertiary alicyclic amines) is 1. The number of hydrogen-bond donors (Lipinski definition) is 1. The Morgan fingerprint density at radius 2 is 1.85 bits per heavy atom. The summed E-state index contributed by atoms with van der Waals surface area (Å²) in [6.45, 7) is 1.28. The fourth-order valence-corrected chi connectivity index (χ4v) is 2.15. The fraction of sp³-hybridized carbons (Fsp3) is 0.429. The second-order valence-electron chi connectivity index (χ2n) is 4.52. The van der Waals surface area contributed by atoms with Gasteiger partial charge in [0.25, 0.3) is 0 Å². The molecule has 2 amide bonds. The van der Waals surface area contributed by atoms with Crippen molar-refractivity contribution in [2.24, 2.45) is 0 Å². The average Bonchev–Trinajstić information content (AvgIpc) is 3.00. The van der Waals surface area contributed by atoms with E-state index in [1.54, 1.807) is 23.1 Å². The molecule has 0 unspecified atom stereocenters. The molecule has 1 aliphatic rings. The van der Waals surface area contributed by atoms with Crippen LogP contribution in [-0.2, 0) is 9.59 Å². The second kappa shape index (κ2) is 6.27. The lowest BCUT2D eigenvalue weighted by Crippen LogP contribution is -2.37. The number of nitrogens with one attached hydrogen (secondary N) is 1. The molecule has 2 rings (SSSR count). The van der Waals surface area contributed by atoms with E-state index in [-0.39, 0.29) is 0 Å². The molecule has 0 atom stereocenters. The Balaban J connectivity index is 2.11. The van der Waals surface area contributed by atoms with Crippen molar-refractivity contribution in [1.29, 1.82) is 0 Å². The summed E-state index contributed by atoms with van der Waals surface area (Å²) in [5.41, 5.74) is 0.421. The van der Waals surface area contributed by atoms with Crippen molar-refractivity contribution < 1.29 is 19.1 Å². The number of amides is 2. The molecule has 1 saturated heterocycles. The van der Waals surface area contributed by atoms with Gasteiger partial charge in [0.15, 0.2) is 0 Å². The molecular formula is C14H18N2O4. The van der Waals surface area contributed by atoms with E-state index in [1.165, 1.54) is 14.2 Å². The number of carbonyl (C=O) groups excluding carboxylic acids is 2. The highest BCUT2D eigenvalue weighted by molar-refractivity contribution is 6.39. The molecule has 1 aromatic carbocycles. The van der Waals surface area contributed by atoms with E-state index in [1.807, 2.05) is 0 Å². The molecule has 0 aromatic heterocycles. The highest BCUT2D eigenvalue weighted by atomic mass is 16.5. The Bertz CT molecular complexity index is 510. The zero-order valence-corrected chi connectivity index (χ0v) is 11.6. The van der Waals surface area contributed by atoms with Crippen molar-refractivity contribution in [3.05, 3.63) is 18.2 Å². The van der Waals surface area contributed by atoms with Crippen LogP contribution in [0.5, 0.6) is 11.5 Å². The topological polar surface area (TPSA) is 67.9 Å². The molecule has 108 valence electrons. The van der Waals surface area contributed by atoms with Gasteiger partial charge in [0.1, 0.15) is 11.5 Å². The van der Waals surface area contributed by atoms with E-state index >= 15 is 0 Å². The maximum absolute atomic E-state index is 12.0. The van der Waals surface area contributed by atoms with Crippen LogP contribution in [0.4, 0.5) is 5.69 Å². The molecule has 0 bridgehead atoms. The molecular weight excluding hydrogens is 260 g/mol. The first-order valence-electron chi connectivity index (χ1n) is 6.48. The van der Waals surface area contributed by atoms with Crippen LogP contribution in [0.3, 0.4) is 0 Å². The molecule has 1 heterocycles.